The summed E-state index contributed by atoms with van der Waals surface area (Å²) in [5.74, 6) is -0.341. The van der Waals surface area contributed by atoms with Crippen LogP contribution in [-0.2, 0) is 13.0 Å². The van der Waals surface area contributed by atoms with Crippen molar-refractivity contribution in [1.82, 2.24) is 9.55 Å². The first kappa shape index (κ1) is 12.3. The molecule has 2 aromatic rings. The highest BCUT2D eigenvalue weighted by Gasteiger charge is 2.05. The van der Waals surface area contributed by atoms with Gasteiger partial charge in [0.15, 0.2) is 0 Å². The molecule has 0 aliphatic rings. The number of nitrogens with zero attached hydrogens (tertiary/aromatic N) is 3. The predicted octanol–water partition coefficient (Wildman–Crippen LogP) is 1.44. The van der Waals surface area contributed by atoms with Gasteiger partial charge in [0.2, 0.25) is 0 Å². The smallest absolute Gasteiger partial charge is 0.123 e. The van der Waals surface area contributed by atoms with E-state index in [1.54, 1.807) is 6.33 Å². The third-order valence-corrected chi connectivity index (χ3v) is 2.63. The Hall–Kier alpha value is -2.19. The molecule has 0 aliphatic heterocycles. The predicted molar refractivity (Wildman–Crippen MR) is 65.2 cm³/mol. The molecule has 0 saturated carbocycles. The summed E-state index contributed by atoms with van der Waals surface area (Å²) in [6.45, 7) is 0.971. The van der Waals surface area contributed by atoms with Gasteiger partial charge in [-0.1, -0.05) is 0 Å². The molecule has 0 fully saturated rings. The van der Waals surface area contributed by atoms with E-state index in [1.807, 2.05) is 10.8 Å². The molecular formula is C13H13FN4. The van der Waals surface area contributed by atoms with E-state index in [0.29, 0.717) is 30.6 Å². The van der Waals surface area contributed by atoms with Crippen molar-refractivity contribution in [3.63, 3.8) is 0 Å². The van der Waals surface area contributed by atoms with Crippen LogP contribution in [0.3, 0.4) is 0 Å². The second kappa shape index (κ2) is 5.43. The minimum Gasteiger partial charge on any atom is -0.333 e. The van der Waals surface area contributed by atoms with Crippen LogP contribution in [0.5, 0.6) is 0 Å². The van der Waals surface area contributed by atoms with E-state index < -0.39 is 0 Å². The molecule has 0 radical (unpaired) electrons. The number of rotatable bonds is 4. The Morgan fingerprint density at radius 3 is 3.00 bits per heavy atom. The highest BCUT2D eigenvalue weighted by atomic mass is 19.1. The zero-order valence-electron chi connectivity index (χ0n) is 9.81. The largest absolute Gasteiger partial charge is 0.333 e. The van der Waals surface area contributed by atoms with Crippen molar-refractivity contribution in [2.45, 2.75) is 13.0 Å². The zero-order valence-corrected chi connectivity index (χ0v) is 9.81. The van der Waals surface area contributed by atoms with Crippen LogP contribution in [0, 0.1) is 17.1 Å². The van der Waals surface area contributed by atoms with Gasteiger partial charge in [0.1, 0.15) is 5.82 Å². The van der Waals surface area contributed by atoms with E-state index in [-0.39, 0.29) is 5.82 Å². The maximum Gasteiger partial charge on any atom is 0.123 e. The zero-order chi connectivity index (χ0) is 13.0. The minimum atomic E-state index is -0.341. The lowest BCUT2D eigenvalue weighted by atomic mass is 10.1. The number of hydrogen-bond acceptors (Lipinski definition) is 3. The van der Waals surface area contributed by atoms with Crippen LogP contribution < -0.4 is 5.73 Å². The molecule has 0 amide bonds. The summed E-state index contributed by atoms with van der Waals surface area (Å²) in [5, 5.41) is 8.96. The molecule has 0 spiro atoms. The Kier molecular flexibility index (Phi) is 3.70. The van der Waals surface area contributed by atoms with Gasteiger partial charge in [-0.05, 0) is 30.3 Å². The van der Waals surface area contributed by atoms with E-state index in [4.69, 9.17) is 11.0 Å². The van der Waals surface area contributed by atoms with Crippen molar-refractivity contribution < 1.29 is 4.39 Å². The van der Waals surface area contributed by atoms with Crippen molar-refractivity contribution in [1.29, 1.82) is 5.26 Å². The van der Waals surface area contributed by atoms with Gasteiger partial charge in [-0.25, -0.2) is 9.37 Å². The van der Waals surface area contributed by atoms with E-state index in [9.17, 15) is 4.39 Å². The third kappa shape index (κ3) is 2.73. The van der Waals surface area contributed by atoms with Crippen LogP contribution >= 0.6 is 0 Å². The van der Waals surface area contributed by atoms with E-state index in [0.717, 1.165) is 5.69 Å². The number of imidazole rings is 1. The lowest BCUT2D eigenvalue weighted by Crippen LogP contribution is -2.03. The molecule has 2 rings (SSSR count). The number of nitriles is 1. The van der Waals surface area contributed by atoms with Crippen molar-refractivity contribution in [3.8, 4) is 6.07 Å². The Labute approximate surface area is 104 Å². The van der Waals surface area contributed by atoms with Crippen molar-refractivity contribution in [2.24, 2.45) is 5.73 Å². The second-order valence-electron chi connectivity index (χ2n) is 3.99. The van der Waals surface area contributed by atoms with Gasteiger partial charge in [0.25, 0.3) is 0 Å². The van der Waals surface area contributed by atoms with Crippen LogP contribution in [0.4, 0.5) is 4.39 Å². The Morgan fingerprint density at radius 2 is 2.28 bits per heavy atom. The topological polar surface area (TPSA) is 67.6 Å². The summed E-state index contributed by atoms with van der Waals surface area (Å²) in [6, 6.07) is 6.21. The Bertz CT molecular complexity index is 583. The first-order chi connectivity index (χ1) is 8.72. The summed E-state index contributed by atoms with van der Waals surface area (Å²) in [7, 11) is 0. The lowest BCUT2D eigenvalue weighted by Gasteiger charge is -2.04. The van der Waals surface area contributed by atoms with Crippen molar-refractivity contribution in [2.75, 3.05) is 6.54 Å². The molecular weight excluding hydrogens is 231 g/mol. The van der Waals surface area contributed by atoms with Gasteiger partial charge in [-0.2, -0.15) is 5.26 Å². The van der Waals surface area contributed by atoms with Crippen molar-refractivity contribution >= 4 is 0 Å². The van der Waals surface area contributed by atoms with Gasteiger partial charge >= 0.3 is 0 Å². The van der Waals surface area contributed by atoms with Gasteiger partial charge in [-0.3, -0.25) is 0 Å². The maximum atomic E-state index is 13.2. The fourth-order valence-corrected chi connectivity index (χ4v) is 1.77. The Morgan fingerprint density at radius 1 is 1.44 bits per heavy atom. The molecule has 0 atom stereocenters. The van der Waals surface area contributed by atoms with Crippen LogP contribution in [0.25, 0.3) is 0 Å². The molecule has 1 aromatic heterocycles. The normalized spacial score (nSPS) is 10.3. The van der Waals surface area contributed by atoms with Crippen LogP contribution in [0.1, 0.15) is 16.8 Å². The SMILES string of the molecule is N#Cc1ccc(F)cc1Cn1cnc(CCN)c1. The third-order valence-electron chi connectivity index (χ3n) is 2.63. The molecule has 18 heavy (non-hydrogen) atoms. The molecule has 1 aromatic carbocycles. The number of halogens is 1. The second-order valence-corrected chi connectivity index (χ2v) is 3.99. The molecule has 0 bridgehead atoms. The van der Waals surface area contributed by atoms with Gasteiger partial charge < -0.3 is 10.3 Å². The minimum absolute atomic E-state index is 0.341. The van der Waals surface area contributed by atoms with Gasteiger partial charge in [0, 0.05) is 19.2 Å². The average Bonchev–Trinajstić information content (AvgIpc) is 2.77. The highest BCUT2D eigenvalue weighted by molar-refractivity contribution is 5.38. The first-order valence-corrected chi connectivity index (χ1v) is 5.62. The lowest BCUT2D eigenvalue weighted by molar-refractivity contribution is 0.623. The molecule has 5 heteroatoms. The molecule has 0 aliphatic carbocycles. The average molecular weight is 244 g/mol. The number of benzene rings is 1. The maximum absolute atomic E-state index is 13.2. The first-order valence-electron chi connectivity index (χ1n) is 5.62. The number of hydrogen-bond donors (Lipinski definition) is 1. The van der Waals surface area contributed by atoms with Crippen LogP contribution in [-0.4, -0.2) is 16.1 Å². The summed E-state index contributed by atoms with van der Waals surface area (Å²) in [5.41, 5.74) is 7.47. The molecule has 92 valence electrons. The summed E-state index contributed by atoms with van der Waals surface area (Å²) in [4.78, 5) is 4.19. The van der Waals surface area contributed by atoms with E-state index in [1.165, 1.54) is 18.2 Å². The molecule has 0 unspecified atom stereocenters. The highest BCUT2D eigenvalue weighted by Crippen LogP contribution is 2.12. The summed E-state index contributed by atoms with van der Waals surface area (Å²) >= 11 is 0. The molecule has 1 heterocycles. The van der Waals surface area contributed by atoms with Crippen LogP contribution in [0.15, 0.2) is 30.7 Å². The van der Waals surface area contributed by atoms with E-state index in [2.05, 4.69) is 11.1 Å². The van der Waals surface area contributed by atoms with Gasteiger partial charge in [0.05, 0.1) is 23.7 Å². The van der Waals surface area contributed by atoms with Crippen LogP contribution in [0.2, 0.25) is 0 Å². The van der Waals surface area contributed by atoms with Gasteiger partial charge in [-0.15, -0.1) is 0 Å². The standard InChI is InChI=1S/C13H13FN4/c14-12-2-1-10(6-16)11(5-12)7-18-8-13(3-4-15)17-9-18/h1-2,5,8-9H,3-4,7,15H2. The quantitative estimate of drug-likeness (QED) is 0.885. The molecule has 4 nitrogen and oxygen atoms in total. The Balaban J connectivity index is 2.22. The summed E-state index contributed by atoms with van der Waals surface area (Å²) in [6.07, 6.45) is 4.23. The fourth-order valence-electron chi connectivity index (χ4n) is 1.77. The summed E-state index contributed by atoms with van der Waals surface area (Å²) < 4.78 is 15.0. The number of aromatic nitrogens is 2. The monoisotopic (exact) mass is 244 g/mol. The van der Waals surface area contributed by atoms with Crippen molar-refractivity contribution in [3.05, 3.63) is 53.4 Å². The number of nitrogens with two attached hydrogens (primary N) is 1. The molecule has 2 N–H and O–H groups in total. The molecule has 0 saturated heterocycles. The van der Waals surface area contributed by atoms with E-state index >= 15 is 0 Å². The fraction of sp³-hybridized carbons (Fsp3) is 0.231.